The van der Waals surface area contributed by atoms with Crippen molar-refractivity contribution in [3.05, 3.63) is 65.0 Å². The summed E-state index contributed by atoms with van der Waals surface area (Å²) >= 11 is 0. The van der Waals surface area contributed by atoms with Crippen LogP contribution < -0.4 is 5.32 Å². The summed E-state index contributed by atoms with van der Waals surface area (Å²) in [5, 5.41) is 3.29. The second kappa shape index (κ2) is 13.6. The van der Waals surface area contributed by atoms with Crippen LogP contribution in [0, 0.1) is 13.8 Å². The van der Waals surface area contributed by atoms with Gasteiger partial charge in [0.1, 0.15) is 0 Å². The Bertz CT molecular complexity index is 572. The molecular formula is C23H38N2. The van der Waals surface area contributed by atoms with Crippen LogP contribution in [0.3, 0.4) is 0 Å². The molecule has 0 aliphatic carbocycles. The third-order valence-electron chi connectivity index (χ3n) is 4.08. The van der Waals surface area contributed by atoms with Crippen LogP contribution in [0.1, 0.15) is 75.8 Å². The topological polar surface area (TPSA) is 24.9 Å². The van der Waals surface area contributed by atoms with Crippen LogP contribution in [0.4, 0.5) is 0 Å². The molecule has 0 bridgehead atoms. The second-order valence-corrected chi connectivity index (χ2v) is 6.04. The summed E-state index contributed by atoms with van der Waals surface area (Å²) < 4.78 is 0. The number of pyridine rings is 1. The molecule has 2 heterocycles. The van der Waals surface area contributed by atoms with Gasteiger partial charge in [-0.15, -0.1) is 0 Å². The molecule has 1 aliphatic heterocycles. The van der Waals surface area contributed by atoms with E-state index in [1.807, 2.05) is 40.0 Å². The predicted molar refractivity (Wildman–Crippen MR) is 113 cm³/mol. The molecule has 25 heavy (non-hydrogen) atoms. The summed E-state index contributed by atoms with van der Waals surface area (Å²) in [6.45, 7) is 18.9. The SMILES string of the molecule is CC.CC.Cc1ccccc1C1CNC1.Cc1ncccc1C(C)C. The molecule has 0 radical (unpaired) electrons. The molecule has 0 saturated carbocycles. The molecule has 1 saturated heterocycles. The van der Waals surface area contributed by atoms with Crippen molar-refractivity contribution >= 4 is 0 Å². The summed E-state index contributed by atoms with van der Waals surface area (Å²) in [6.07, 6.45) is 1.83. The molecule has 0 atom stereocenters. The van der Waals surface area contributed by atoms with E-state index in [1.165, 1.54) is 16.7 Å². The first-order valence-corrected chi connectivity index (χ1v) is 9.77. The highest BCUT2D eigenvalue weighted by molar-refractivity contribution is 5.31. The zero-order valence-corrected chi connectivity index (χ0v) is 17.6. The van der Waals surface area contributed by atoms with Gasteiger partial charge in [0.2, 0.25) is 0 Å². The van der Waals surface area contributed by atoms with Gasteiger partial charge in [0.15, 0.2) is 0 Å². The van der Waals surface area contributed by atoms with Crippen LogP contribution in [0.5, 0.6) is 0 Å². The van der Waals surface area contributed by atoms with E-state index in [0.717, 1.165) is 24.7 Å². The van der Waals surface area contributed by atoms with Gasteiger partial charge < -0.3 is 5.32 Å². The number of nitrogens with zero attached hydrogens (tertiary/aromatic N) is 1. The first-order chi connectivity index (χ1) is 12.1. The molecule has 1 N–H and O–H groups in total. The first-order valence-electron chi connectivity index (χ1n) is 9.77. The number of aromatic nitrogens is 1. The van der Waals surface area contributed by atoms with E-state index in [4.69, 9.17) is 0 Å². The van der Waals surface area contributed by atoms with Crippen molar-refractivity contribution in [1.29, 1.82) is 0 Å². The van der Waals surface area contributed by atoms with Gasteiger partial charge >= 0.3 is 0 Å². The highest BCUT2D eigenvalue weighted by atomic mass is 14.9. The highest BCUT2D eigenvalue weighted by Gasteiger charge is 2.19. The monoisotopic (exact) mass is 342 g/mol. The summed E-state index contributed by atoms with van der Waals surface area (Å²) in [5.41, 5.74) is 5.45. The van der Waals surface area contributed by atoms with Crippen molar-refractivity contribution in [2.75, 3.05) is 13.1 Å². The van der Waals surface area contributed by atoms with E-state index in [1.54, 1.807) is 0 Å². The average Bonchev–Trinajstić information content (AvgIpc) is 2.60. The van der Waals surface area contributed by atoms with Crippen molar-refractivity contribution in [3.63, 3.8) is 0 Å². The van der Waals surface area contributed by atoms with Gasteiger partial charge in [-0.25, -0.2) is 0 Å². The standard InChI is InChI=1S/C10H13N.C9H13N.2C2H6/c1-8-4-2-3-5-10(8)9-6-11-7-9;1-7(2)9-5-4-6-10-8(9)3;2*1-2/h2-5,9,11H,6-7H2,1H3;4-7H,1-3H3;2*1-2H3. The third kappa shape index (κ3) is 7.83. The molecule has 1 fully saturated rings. The average molecular weight is 343 g/mol. The lowest BCUT2D eigenvalue weighted by molar-refractivity contribution is 0.447. The number of nitrogens with one attached hydrogen (secondary N) is 1. The van der Waals surface area contributed by atoms with Gasteiger partial charge in [0.25, 0.3) is 0 Å². The molecule has 1 aromatic carbocycles. The molecule has 1 aromatic heterocycles. The Morgan fingerprint density at radius 3 is 1.92 bits per heavy atom. The molecule has 3 rings (SSSR count). The molecule has 0 amide bonds. The first kappa shape index (κ1) is 23.3. The van der Waals surface area contributed by atoms with Crippen LogP contribution in [0.25, 0.3) is 0 Å². The minimum atomic E-state index is 0.591. The lowest BCUT2D eigenvalue weighted by Crippen LogP contribution is -2.40. The number of rotatable bonds is 2. The number of aryl methyl sites for hydroxylation is 2. The lowest BCUT2D eigenvalue weighted by Gasteiger charge is -2.28. The second-order valence-electron chi connectivity index (χ2n) is 6.04. The van der Waals surface area contributed by atoms with E-state index in [-0.39, 0.29) is 0 Å². The van der Waals surface area contributed by atoms with Crippen molar-refractivity contribution in [3.8, 4) is 0 Å². The van der Waals surface area contributed by atoms with Gasteiger partial charge in [-0.2, -0.15) is 0 Å². The quantitative estimate of drug-likeness (QED) is 0.698. The summed E-state index contributed by atoms with van der Waals surface area (Å²) in [4.78, 5) is 4.20. The maximum atomic E-state index is 4.20. The Hall–Kier alpha value is -1.67. The fraction of sp³-hybridized carbons (Fsp3) is 0.522. The van der Waals surface area contributed by atoms with E-state index in [2.05, 4.69) is 68.3 Å². The van der Waals surface area contributed by atoms with Crippen LogP contribution in [0.2, 0.25) is 0 Å². The van der Waals surface area contributed by atoms with Gasteiger partial charge in [-0.1, -0.05) is 71.9 Å². The van der Waals surface area contributed by atoms with Gasteiger partial charge in [-0.3, -0.25) is 4.98 Å². The number of benzene rings is 1. The van der Waals surface area contributed by atoms with E-state index >= 15 is 0 Å². The van der Waals surface area contributed by atoms with Crippen molar-refractivity contribution in [1.82, 2.24) is 10.3 Å². The summed E-state index contributed by atoms with van der Waals surface area (Å²) in [7, 11) is 0. The molecule has 2 heteroatoms. The zero-order chi connectivity index (χ0) is 19.2. The minimum absolute atomic E-state index is 0.591. The normalized spacial score (nSPS) is 12.5. The Balaban J connectivity index is 0.000000387. The predicted octanol–water partition coefficient (Wildman–Crippen LogP) is 6.25. The summed E-state index contributed by atoms with van der Waals surface area (Å²) in [6, 6.07) is 12.8. The fourth-order valence-electron chi connectivity index (χ4n) is 2.66. The number of hydrogen-bond donors (Lipinski definition) is 1. The van der Waals surface area contributed by atoms with Gasteiger partial charge in [0.05, 0.1) is 0 Å². The van der Waals surface area contributed by atoms with Crippen molar-refractivity contribution < 1.29 is 0 Å². The summed E-state index contributed by atoms with van der Waals surface area (Å²) in [5.74, 6) is 1.37. The molecule has 0 spiro atoms. The van der Waals surface area contributed by atoms with E-state index < -0.39 is 0 Å². The Kier molecular flexibility index (Phi) is 12.7. The molecule has 0 unspecified atom stereocenters. The fourth-order valence-corrected chi connectivity index (χ4v) is 2.66. The van der Waals surface area contributed by atoms with Crippen molar-refractivity contribution in [2.45, 2.75) is 67.2 Å². The molecule has 140 valence electrons. The van der Waals surface area contributed by atoms with Crippen LogP contribution in [-0.4, -0.2) is 18.1 Å². The minimum Gasteiger partial charge on any atom is -0.315 e. The highest BCUT2D eigenvalue weighted by Crippen LogP contribution is 2.22. The maximum absolute atomic E-state index is 4.20. The largest absolute Gasteiger partial charge is 0.315 e. The van der Waals surface area contributed by atoms with E-state index in [0.29, 0.717) is 5.92 Å². The maximum Gasteiger partial charge on any atom is 0.0407 e. The lowest BCUT2D eigenvalue weighted by atomic mass is 9.90. The van der Waals surface area contributed by atoms with Crippen LogP contribution >= 0.6 is 0 Å². The molecule has 2 nitrogen and oxygen atoms in total. The Morgan fingerprint density at radius 2 is 1.52 bits per heavy atom. The molecule has 1 aliphatic rings. The number of hydrogen-bond acceptors (Lipinski definition) is 2. The molecular weight excluding hydrogens is 304 g/mol. The van der Waals surface area contributed by atoms with Gasteiger partial charge in [0, 0.05) is 30.9 Å². The third-order valence-corrected chi connectivity index (χ3v) is 4.08. The Labute approximate surface area is 156 Å². The zero-order valence-electron chi connectivity index (χ0n) is 17.6. The van der Waals surface area contributed by atoms with Crippen LogP contribution in [0.15, 0.2) is 42.6 Å². The van der Waals surface area contributed by atoms with Crippen LogP contribution in [-0.2, 0) is 0 Å². The van der Waals surface area contributed by atoms with Gasteiger partial charge in [-0.05, 0) is 42.5 Å². The smallest absolute Gasteiger partial charge is 0.0407 e. The van der Waals surface area contributed by atoms with E-state index in [9.17, 15) is 0 Å². The molecule has 2 aromatic rings. The Morgan fingerprint density at radius 1 is 0.920 bits per heavy atom. The van der Waals surface area contributed by atoms with Crippen molar-refractivity contribution in [2.24, 2.45) is 0 Å².